The molecule has 15 radical (unpaired) electrons. The van der Waals surface area contributed by atoms with Crippen LogP contribution in [0.25, 0.3) is 0 Å². The van der Waals surface area contributed by atoms with Crippen LogP contribution in [0.3, 0.4) is 0 Å². The van der Waals surface area contributed by atoms with Crippen LogP contribution in [0.4, 0.5) is 0 Å². The van der Waals surface area contributed by atoms with Crippen LogP contribution >= 0.6 is 0 Å². The van der Waals surface area contributed by atoms with Crippen LogP contribution in [0, 0.1) is 141 Å². The van der Waals surface area contributed by atoms with Crippen molar-refractivity contribution in [3.8, 4) is 0 Å². The van der Waals surface area contributed by atoms with Crippen LogP contribution in [0.15, 0.2) is 0 Å². The third-order valence-corrected chi connectivity index (χ3v) is 0.744. The fourth-order valence-corrected chi connectivity index (χ4v) is 0.440. The molecule has 5 heteroatoms. The number of rotatable bonds is 0. The van der Waals surface area contributed by atoms with Crippen molar-refractivity contribution in [2.45, 2.75) is 0 Å². The van der Waals surface area contributed by atoms with Gasteiger partial charge in [-0.2, -0.15) is 0 Å². The van der Waals surface area contributed by atoms with Crippen molar-refractivity contribution in [1.82, 2.24) is 0 Å². The minimum atomic E-state index is 0. The molecule has 2 nitrogen and oxygen atoms in total. The maximum atomic E-state index is 4.94. The van der Waals surface area contributed by atoms with Gasteiger partial charge >= 0.3 is 37.7 Å². The van der Waals surface area contributed by atoms with Gasteiger partial charge in [-0.3, -0.25) is 0 Å². The molecule has 0 saturated carbocycles. The molecular weight excluding hydrogens is 431 g/mol. The fraction of sp³-hybridized carbons (Fsp3) is 0.211. The third kappa shape index (κ3) is 189. The Bertz CT molecular complexity index is 74.3. The van der Waals surface area contributed by atoms with E-state index in [1.54, 1.807) is 0 Å². The van der Waals surface area contributed by atoms with Crippen molar-refractivity contribution in [2.24, 2.45) is 0 Å². The van der Waals surface area contributed by atoms with E-state index in [2.05, 4.69) is 69.2 Å². The number of ether oxygens (including phenoxy) is 2. The molecule has 1 fully saturated rings. The third-order valence-electron chi connectivity index (χ3n) is 0.744. The fourth-order valence-electron chi connectivity index (χ4n) is 0.440. The zero-order valence-corrected chi connectivity index (χ0v) is 18.2. The van der Waals surface area contributed by atoms with Gasteiger partial charge in [-0.1, -0.05) is 0 Å². The summed E-state index contributed by atoms with van der Waals surface area (Å²) in [5.74, 6) is 0. The maximum Gasteiger partial charge on any atom is 1.00 e. The Balaban J connectivity index is -0.0000000216. The van der Waals surface area contributed by atoms with Crippen LogP contribution in [0.2, 0.25) is 0 Å². The van der Waals surface area contributed by atoms with E-state index < -0.39 is 0 Å². The predicted octanol–water partition coefficient (Wildman–Crippen LogP) is -1.66. The van der Waals surface area contributed by atoms with Gasteiger partial charge in [-0.15, -0.1) is 0 Å². The Hall–Kier alpha value is 2.44. The van der Waals surface area contributed by atoms with Crippen LogP contribution < -0.4 is 37.7 Å². The molecule has 0 bridgehead atoms. The molecule has 0 aromatic rings. The molecule has 1 aliphatic rings. The van der Waals surface area contributed by atoms with Crippen LogP contribution in [-0.4, -0.2) is 26.4 Å². The average molecular weight is 465 g/mol. The van der Waals surface area contributed by atoms with Crippen molar-refractivity contribution in [1.29, 1.82) is 0 Å². The average Bonchev–Trinajstić information content (AvgIpc) is 2.45. The molecule has 0 unspecified atom stereocenters. The standard InChI is InChI=1S/C4H8O2.5C3H5.Gd.2Li/c1-2-6-4-3-5-1;5*1-3-2;;;/h1-4H2;5*3H,1-2H2;;;/q;;;;;;;2*+1. The molecule has 1 rings (SSSR count). The quantitative estimate of drug-likeness (QED) is 0.400. The van der Waals surface area contributed by atoms with E-state index in [0.29, 0.717) is 0 Å². The Kier molecular flexibility index (Phi) is 176. The molecule has 1 aliphatic heterocycles. The first-order valence-electron chi connectivity index (χ1n) is 6.24. The summed E-state index contributed by atoms with van der Waals surface area (Å²) in [7, 11) is 0. The van der Waals surface area contributed by atoms with Crippen molar-refractivity contribution in [3.63, 3.8) is 0 Å². The van der Waals surface area contributed by atoms with E-state index in [1.165, 1.54) is 32.1 Å². The van der Waals surface area contributed by atoms with Gasteiger partial charge in [-0.25, -0.2) is 0 Å². The first-order valence-corrected chi connectivity index (χ1v) is 6.24. The summed E-state index contributed by atoms with van der Waals surface area (Å²) in [6.45, 7) is 35.6. The van der Waals surface area contributed by atoms with Gasteiger partial charge in [0.25, 0.3) is 0 Å². The molecule has 129 valence electrons. The van der Waals surface area contributed by atoms with Crippen molar-refractivity contribution in [3.05, 3.63) is 101 Å². The minimum absolute atomic E-state index is 0. The summed E-state index contributed by atoms with van der Waals surface area (Å²) in [5, 5.41) is 0. The second-order valence-electron chi connectivity index (χ2n) is 2.67. The van der Waals surface area contributed by atoms with Crippen LogP contribution in [0.1, 0.15) is 0 Å². The SMILES string of the molecule is C1COCCO1.[CH2][CH][CH2].[CH2][CH][CH2].[CH2][CH][CH2].[CH2][CH][CH2].[CH2][CH][CH2].[Gd].[Li+].[Li+]. The number of hydrogen-bond donors (Lipinski definition) is 0. The molecule has 0 atom stereocenters. The predicted molar refractivity (Wildman–Crippen MR) is 96.7 cm³/mol. The topological polar surface area (TPSA) is 18.5 Å². The molecule has 0 aromatic carbocycles. The second kappa shape index (κ2) is 84.1. The smallest absolute Gasteiger partial charge is 0.377 e. The first kappa shape index (κ1) is 50.3. The van der Waals surface area contributed by atoms with Crippen molar-refractivity contribution >= 4 is 0 Å². The molecule has 0 amide bonds. The molecule has 1 heterocycles. The molecule has 0 aromatic heterocycles. The Morgan fingerprint density at radius 3 is 0.542 bits per heavy atom. The summed E-state index contributed by atoms with van der Waals surface area (Å²) in [6, 6.07) is 0. The van der Waals surface area contributed by atoms with Crippen molar-refractivity contribution in [2.75, 3.05) is 26.4 Å². The normalized spacial score (nSPS) is 9.75. The van der Waals surface area contributed by atoms with Crippen molar-refractivity contribution < 1.29 is 87.1 Å². The molecular formula is C19H33GdLi2O2+2. The monoisotopic (exact) mass is 465 g/mol. The van der Waals surface area contributed by atoms with E-state index in [-0.39, 0.29) is 77.7 Å². The first-order chi connectivity index (χ1) is 10.1. The Morgan fingerprint density at radius 2 is 0.500 bits per heavy atom. The van der Waals surface area contributed by atoms with E-state index in [0.717, 1.165) is 26.4 Å². The minimum Gasteiger partial charge on any atom is -0.377 e. The zero-order chi connectivity index (χ0) is 17.8. The summed E-state index contributed by atoms with van der Waals surface area (Å²) >= 11 is 0. The Labute approximate surface area is 212 Å². The van der Waals surface area contributed by atoms with Crippen LogP contribution in [0.5, 0.6) is 0 Å². The molecule has 0 N–H and O–H groups in total. The van der Waals surface area contributed by atoms with E-state index in [1.807, 2.05) is 0 Å². The van der Waals surface area contributed by atoms with Gasteiger partial charge < -0.3 is 9.47 Å². The summed E-state index contributed by atoms with van der Waals surface area (Å²) in [4.78, 5) is 0. The molecule has 0 aliphatic carbocycles. The van der Waals surface area contributed by atoms with E-state index in [4.69, 9.17) is 9.47 Å². The molecule has 0 spiro atoms. The maximum absolute atomic E-state index is 4.94. The molecule has 24 heavy (non-hydrogen) atoms. The Morgan fingerprint density at radius 1 is 0.417 bits per heavy atom. The molecule has 1 saturated heterocycles. The van der Waals surface area contributed by atoms with Gasteiger partial charge in [0, 0.05) is 39.9 Å². The van der Waals surface area contributed by atoms with Gasteiger partial charge in [0.2, 0.25) is 0 Å². The van der Waals surface area contributed by atoms with E-state index >= 15 is 0 Å². The summed E-state index contributed by atoms with van der Waals surface area (Å²) in [6.07, 6.45) is 7.50. The second-order valence-corrected chi connectivity index (χ2v) is 2.67. The summed E-state index contributed by atoms with van der Waals surface area (Å²) in [5.41, 5.74) is 0. The largest absolute Gasteiger partial charge is 1.00 e. The van der Waals surface area contributed by atoms with Gasteiger partial charge in [0.15, 0.2) is 0 Å². The van der Waals surface area contributed by atoms with E-state index in [9.17, 15) is 0 Å². The zero-order valence-electron chi connectivity index (χ0n) is 16.0. The van der Waals surface area contributed by atoms with Gasteiger partial charge in [-0.05, 0) is 101 Å². The van der Waals surface area contributed by atoms with Gasteiger partial charge in [0.1, 0.15) is 0 Å². The summed E-state index contributed by atoms with van der Waals surface area (Å²) < 4.78 is 9.89. The van der Waals surface area contributed by atoms with Crippen LogP contribution in [-0.2, 0) is 9.47 Å². The van der Waals surface area contributed by atoms with Gasteiger partial charge in [0.05, 0.1) is 26.4 Å². The number of hydrogen-bond acceptors (Lipinski definition) is 2.